The van der Waals surface area contributed by atoms with E-state index in [4.69, 9.17) is 9.47 Å². The van der Waals surface area contributed by atoms with Gasteiger partial charge in [-0.2, -0.15) is 13.2 Å². The summed E-state index contributed by atoms with van der Waals surface area (Å²) >= 11 is 0. The number of nitrogens with zero attached hydrogens (tertiary/aromatic N) is 1. The monoisotopic (exact) mass is 438 g/mol. The van der Waals surface area contributed by atoms with Gasteiger partial charge in [-0.15, -0.1) is 0 Å². The summed E-state index contributed by atoms with van der Waals surface area (Å²) in [6, 6.07) is 8.66. The molecular formula is C20H17F3N2O6. The van der Waals surface area contributed by atoms with Crippen molar-refractivity contribution in [3.05, 3.63) is 69.8 Å². The summed E-state index contributed by atoms with van der Waals surface area (Å²) in [5.41, 5.74) is -2.21. The van der Waals surface area contributed by atoms with Crippen molar-refractivity contribution < 1.29 is 37.2 Å². The van der Waals surface area contributed by atoms with E-state index in [0.29, 0.717) is 24.0 Å². The molecule has 0 heterocycles. The molecule has 0 atom stereocenters. The molecule has 0 radical (unpaired) electrons. The molecule has 1 amide bonds. The highest BCUT2D eigenvalue weighted by molar-refractivity contribution is 5.95. The number of hydrogen-bond donors (Lipinski definition) is 1. The number of anilines is 1. The number of hydrogen-bond acceptors (Lipinski definition) is 6. The summed E-state index contributed by atoms with van der Waals surface area (Å²) in [5.74, 6) is -1.27. The third-order valence-electron chi connectivity index (χ3n) is 3.74. The van der Waals surface area contributed by atoms with Gasteiger partial charge in [-0.1, -0.05) is 12.1 Å². The molecule has 8 nitrogen and oxygen atoms in total. The van der Waals surface area contributed by atoms with E-state index in [1.165, 1.54) is 6.08 Å². The molecule has 31 heavy (non-hydrogen) atoms. The van der Waals surface area contributed by atoms with E-state index >= 15 is 0 Å². The highest BCUT2D eigenvalue weighted by atomic mass is 19.4. The van der Waals surface area contributed by atoms with Crippen LogP contribution in [-0.2, 0) is 20.5 Å². The van der Waals surface area contributed by atoms with E-state index in [9.17, 15) is 32.9 Å². The Bertz CT molecular complexity index is 987. The lowest BCUT2D eigenvalue weighted by Gasteiger charge is -2.13. The number of non-ortho nitro benzene ring substituents is 1. The summed E-state index contributed by atoms with van der Waals surface area (Å²) in [6.07, 6.45) is -2.46. The number of carbonyl (C=O) groups excluding carboxylic acids is 2. The second kappa shape index (κ2) is 10.2. The van der Waals surface area contributed by atoms with Crippen LogP contribution in [0.2, 0.25) is 0 Å². The topological polar surface area (TPSA) is 108 Å². The van der Waals surface area contributed by atoms with Gasteiger partial charge in [-0.05, 0) is 36.8 Å². The molecule has 0 unspecified atom stereocenters. The van der Waals surface area contributed by atoms with Crippen LogP contribution in [0.4, 0.5) is 24.5 Å². The highest BCUT2D eigenvalue weighted by Crippen LogP contribution is 2.37. The molecule has 0 saturated heterocycles. The molecular weight excluding hydrogens is 421 g/mol. The van der Waals surface area contributed by atoms with Crippen molar-refractivity contribution in [3.8, 4) is 5.75 Å². The standard InChI is InChI=1S/C20H17F3N2O6/c1-2-30-15-7-3-13(4-8-15)5-10-19(27)31-12-18(26)24-17-9-6-14(25(28)29)11-16(17)20(21,22)23/h3-11H,2,12H2,1H3,(H,24,26)/b10-5+. The number of alkyl halides is 3. The van der Waals surface area contributed by atoms with Gasteiger partial charge in [0.15, 0.2) is 6.61 Å². The average molecular weight is 438 g/mol. The summed E-state index contributed by atoms with van der Waals surface area (Å²) in [7, 11) is 0. The van der Waals surface area contributed by atoms with Crippen LogP contribution < -0.4 is 10.1 Å². The van der Waals surface area contributed by atoms with Crippen molar-refractivity contribution >= 4 is 29.3 Å². The second-order valence-corrected chi connectivity index (χ2v) is 5.98. The van der Waals surface area contributed by atoms with Gasteiger partial charge in [0.2, 0.25) is 0 Å². The number of rotatable bonds is 8. The van der Waals surface area contributed by atoms with Gasteiger partial charge in [0.25, 0.3) is 11.6 Å². The molecule has 11 heteroatoms. The first-order valence-electron chi connectivity index (χ1n) is 8.83. The number of amides is 1. The van der Waals surface area contributed by atoms with Gasteiger partial charge in [0, 0.05) is 18.2 Å². The van der Waals surface area contributed by atoms with E-state index in [1.54, 1.807) is 24.3 Å². The molecule has 1 N–H and O–H groups in total. The van der Waals surface area contributed by atoms with Crippen molar-refractivity contribution in [3.63, 3.8) is 0 Å². The average Bonchev–Trinajstić information content (AvgIpc) is 2.71. The van der Waals surface area contributed by atoms with Gasteiger partial charge in [-0.25, -0.2) is 4.79 Å². The fraction of sp³-hybridized carbons (Fsp3) is 0.200. The number of ether oxygens (including phenoxy) is 2. The number of carbonyl (C=O) groups is 2. The third-order valence-corrected chi connectivity index (χ3v) is 3.74. The molecule has 0 aromatic heterocycles. The molecule has 0 bridgehead atoms. The Hall–Kier alpha value is -3.89. The van der Waals surface area contributed by atoms with E-state index in [-0.39, 0.29) is 0 Å². The lowest BCUT2D eigenvalue weighted by atomic mass is 10.1. The zero-order chi connectivity index (χ0) is 23.0. The molecule has 0 aliphatic heterocycles. The number of esters is 1. The van der Waals surface area contributed by atoms with E-state index in [2.05, 4.69) is 0 Å². The minimum absolute atomic E-state index is 0.307. The van der Waals surface area contributed by atoms with Crippen molar-refractivity contribution in [2.75, 3.05) is 18.5 Å². The van der Waals surface area contributed by atoms with Gasteiger partial charge in [0.05, 0.1) is 22.8 Å². The lowest BCUT2D eigenvalue weighted by molar-refractivity contribution is -0.385. The first-order chi connectivity index (χ1) is 14.6. The Morgan fingerprint density at radius 3 is 2.42 bits per heavy atom. The second-order valence-electron chi connectivity index (χ2n) is 5.98. The van der Waals surface area contributed by atoms with Gasteiger partial charge < -0.3 is 14.8 Å². The third kappa shape index (κ3) is 7.14. The van der Waals surface area contributed by atoms with Crippen molar-refractivity contribution in [1.29, 1.82) is 0 Å². The molecule has 2 rings (SSSR count). The Balaban J connectivity index is 1.95. The summed E-state index contributed by atoms with van der Waals surface area (Å²) < 4.78 is 49.3. The minimum Gasteiger partial charge on any atom is -0.494 e. The van der Waals surface area contributed by atoms with Crippen LogP contribution in [0.3, 0.4) is 0 Å². The normalized spacial score (nSPS) is 11.2. The summed E-state index contributed by atoms with van der Waals surface area (Å²) in [4.78, 5) is 33.3. The number of benzene rings is 2. The fourth-order valence-electron chi connectivity index (χ4n) is 2.37. The van der Waals surface area contributed by atoms with Crippen LogP contribution in [0.15, 0.2) is 48.5 Å². The number of halogens is 3. The number of nitro groups is 1. The van der Waals surface area contributed by atoms with Crippen LogP contribution in [0.25, 0.3) is 6.08 Å². The molecule has 0 aliphatic carbocycles. The minimum atomic E-state index is -4.94. The van der Waals surface area contributed by atoms with Crippen LogP contribution >= 0.6 is 0 Å². The van der Waals surface area contributed by atoms with Crippen molar-refractivity contribution in [2.45, 2.75) is 13.1 Å². The number of nitrogens with one attached hydrogen (secondary N) is 1. The molecule has 164 valence electrons. The lowest BCUT2D eigenvalue weighted by Crippen LogP contribution is -2.22. The maximum absolute atomic E-state index is 13.1. The van der Waals surface area contributed by atoms with Crippen LogP contribution in [0, 0.1) is 10.1 Å². The fourth-order valence-corrected chi connectivity index (χ4v) is 2.37. The van der Waals surface area contributed by atoms with E-state index in [1.807, 2.05) is 12.2 Å². The molecule has 0 saturated carbocycles. The number of nitro benzene ring substituents is 1. The highest BCUT2D eigenvalue weighted by Gasteiger charge is 2.35. The Morgan fingerprint density at radius 2 is 1.84 bits per heavy atom. The molecule has 0 aliphatic rings. The van der Waals surface area contributed by atoms with Gasteiger partial charge in [0.1, 0.15) is 5.75 Å². The van der Waals surface area contributed by atoms with E-state index < -0.39 is 46.5 Å². The Morgan fingerprint density at radius 1 is 1.16 bits per heavy atom. The molecule has 2 aromatic rings. The first-order valence-corrected chi connectivity index (χ1v) is 8.83. The van der Waals surface area contributed by atoms with Crippen LogP contribution in [0.1, 0.15) is 18.1 Å². The maximum atomic E-state index is 13.1. The van der Waals surface area contributed by atoms with Crippen LogP contribution in [-0.4, -0.2) is 30.0 Å². The predicted molar refractivity (Wildman–Crippen MR) is 104 cm³/mol. The first kappa shape index (κ1) is 23.4. The summed E-state index contributed by atoms with van der Waals surface area (Å²) in [5, 5.41) is 12.6. The quantitative estimate of drug-likeness (QED) is 0.286. The van der Waals surface area contributed by atoms with Crippen molar-refractivity contribution in [1.82, 2.24) is 0 Å². The Labute approximate surface area is 174 Å². The molecule has 0 fully saturated rings. The largest absolute Gasteiger partial charge is 0.494 e. The zero-order valence-electron chi connectivity index (χ0n) is 16.1. The predicted octanol–water partition coefficient (Wildman–Crippen LogP) is 4.21. The van der Waals surface area contributed by atoms with Crippen molar-refractivity contribution in [2.24, 2.45) is 0 Å². The maximum Gasteiger partial charge on any atom is 0.418 e. The summed E-state index contributed by atoms with van der Waals surface area (Å²) in [6.45, 7) is 1.50. The molecule has 0 spiro atoms. The van der Waals surface area contributed by atoms with Gasteiger partial charge >= 0.3 is 12.1 Å². The molecule has 2 aromatic carbocycles. The van der Waals surface area contributed by atoms with E-state index in [0.717, 1.165) is 18.2 Å². The Kier molecular flexibility index (Phi) is 7.72. The van der Waals surface area contributed by atoms with Crippen LogP contribution in [0.5, 0.6) is 5.75 Å². The smallest absolute Gasteiger partial charge is 0.418 e. The zero-order valence-corrected chi connectivity index (χ0v) is 16.1. The SMILES string of the molecule is CCOc1ccc(/C=C/C(=O)OCC(=O)Nc2ccc([N+](=O)[O-])cc2C(F)(F)F)cc1. The van der Waals surface area contributed by atoms with Gasteiger partial charge in [-0.3, -0.25) is 14.9 Å².